The van der Waals surface area contributed by atoms with Crippen LogP contribution in [0.5, 0.6) is 0 Å². The number of benzene rings is 1. The van der Waals surface area contributed by atoms with Crippen molar-refractivity contribution in [3.05, 3.63) is 24.3 Å². The lowest BCUT2D eigenvalue weighted by molar-refractivity contribution is -0.117. The first-order valence-electron chi connectivity index (χ1n) is 8.34. The second kappa shape index (κ2) is 7.11. The maximum atomic E-state index is 11.7. The van der Waals surface area contributed by atoms with Gasteiger partial charge in [-0.25, -0.2) is 0 Å². The summed E-state index contributed by atoms with van der Waals surface area (Å²) in [6.07, 6.45) is 3.87. The van der Waals surface area contributed by atoms with Gasteiger partial charge in [0.05, 0.1) is 0 Å². The maximum absolute atomic E-state index is 11.7. The first kappa shape index (κ1) is 15.3. The lowest BCUT2D eigenvalue weighted by Gasteiger charge is -2.30. The SMILES string of the molecule is NC1CCN(CCNc2ccc(N3CCCC3=O)cc2)CC1. The molecule has 0 spiro atoms. The number of nitrogens with one attached hydrogen (secondary N) is 1. The third-order valence-corrected chi connectivity index (χ3v) is 4.64. The lowest BCUT2D eigenvalue weighted by Crippen LogP contribution is -2.41. The van der Waals surface area contributed by atoms with Crippen molar-refractivity contribution < 1.29 is 4.79 Å². The smallest absolute Gasteiger partial charge is 0.227 e. The van der Waals surface area contributed by atoms with E-state index in [0.29, 0.717) is 12.5 Å². The van der Waals surface area contributed by atoms with Crippen LogP contribution in [0.2, 0.25) is 0 Å². The highest BCUT2D eigenvalue weighted by Crippen LogP contribution is 2.22. The quantitative estimate of drug-likeness (QED) is 0.868. The third kappa shape index (κ3) is 3.78. The molecule has 2 heterocycles. The van der Waals surface area contributed by atoms with Crippen molar-refractivity contribution in [1.82, 2.24) is 4.90 Å². The molecular weight excluding hydrogens is 276 g/mol. The molecule has 5 nitrogen and oxygen atoms in total. The molecule has 0 atom stereocenters. The molecule has 0 unspecified atom stereocenters. The van der Waals surface area contributed by atoms with Crippen molar-refractivity contribution in [3.8, 4) is 0 Å². The number of carbonyl (C=O) groups excluding carboxylic acids is 1. The molecule has 0 aromatic heterocycles. The van der Waals surface area contributed by atoms with Crippen LogP contribution in [0.3, 0.4) is 0 Å². The highest BCUT2D eigenvalue weighted by atomic mass is 16.2. The van der Waals surface area contributed by atoms with Crippen LogP contribution in [0.4, 0.5) is 11.4 Å². The van der Waals surface area contributed by atoms with Crippen molar-refractivity contribution in [2.45, 2.75) is 31.7 Å². The van der Waals surface area contributed by atoms with Crippen LogP contribution < -0.4 is 16.0 Å². The molecule has 0 radical (unpaired) electrons. The summed E-state index contributed by atoms with van der Waals surface area (Å²) in [5.74, 6) is 0.240. The minimum Gasteiger partial charge on any atom is -0.384 e. The first-order valence-corrected chi connectivity index (χ1v) is 8.34. The summed E-state index contributed by atoms with van der Waals surface area (Å²) in [4.78, 5) is 16.1. The van der Waals surface area contributed by atoms with Gasteiger partial charge in [-0.3, -0.25) is 4.79 Å². The molecule has 2 aliphatic rings. The van der Waals surface area contributed by atoms with Crippen LogP contribution in [-0.4, -0.2) is 49.6 Å². The second-order valence-corrected chi connectivity index (χ2v) is 6.30. The Morgan fingerprint density at radius 3 is 2.50 bits per heavy atom. The molecule has 120 valence electrons. The van der Waals surface area contributed by atoms with Gasteiger partial charge in [0.1, 0.15) is 0 Å². The van der Waals surface area contributed by atoms with Crippen molar-refractivity contribution in [2.75, 3.05) is 42.9 Å². The normalized spacial score (nSPS) is 20.6. The van der Waals surface area contributed by atoms with Gasteiger partial charge in [-0.05, 0) is 56.6 Å². The highest BCUT2D eigenvalue weighted by molar-refractivity contribution is 5.95. The highest BCUT2D eigenvalue weighted by Gasteiger charge is 2.21. The number of carbonyl (C=O) groups is 1. The van der Waals surface area contributed by atoms with Gasteiger partial charge < -0.3 is 20.9 Å². The Balaban J connectivity index is 1.44. The van der Waals surface area contributed by atoms with Gasteiger partial charge in [0.15, 0.2) is 0 Å². The number of hydrogen-bond donors (Lipinski definition) is 2. The van der Waals surface area contributed by atoms with E-state index in [-0.39, 0.29) is 5.91 Å². The average Bonchev–Trinajstić information content (AvgIpc) is 2.96. The fourth-order valence-corrected chi connectivity index (χ4v) is 3.22. The number of rotatable bonds is 5. The molecule has 1 aromatic rings. The summed E-state index contributed by atoms with van der Waals surface area (Å²) >= 11 is 0. The van der Waals surface area contributed by atoms with Crippen molar-refractivity contribution in [3.63, 3.8) is 0 Å². The molecule has 1 aromatic carbocycles. The van der Waals surface area contributed by atoms with Crippen LogP contribution in [0.15, 0.2) is 24.3 Å². The predicted molar refractivity (Wildman–Crippen MR) is 90.2 cm³/mol. The molecule has 2 saturated heterocycles. The zero-order valence-corrected chi connectivity index (χ0v) is 13.1. The zero-order chi connectivity index (χ0) is 15.4. The fourth-order valence-electron chi connectivity index (χ4n) is 3.22. The average molecular weight is 302 g/mol. The van der Waals surface area contributed by atoms with Gasteiger partial charge in [-0.2, -0.15) is 0 Å². The number of hydrogen-bond acceptors (Lipinski definition) is 4. The van der Waals surface area contributed by atoms with Crippen molar-refractivity contribution in [2.24, 2.45) is 5.73 Å². The van der Waals surface area contributed by atoms with Gasteiger partial charge in [-0.15, -0.1) is 0 Å². The van der Waals surface area contributed by atoms with Gasteiger partial charge in [0, 0.05) is 43.5 Å². The van der Waals surface area contributed by atoms with Crippen molar-refractivity contribution in [1.29, 1.82) is 0 Å². The van der Waals surface area contributed by atoms with Crippen LogP contribution in [0, 0.1) is 0 Å². The molecule has 0 bridgehead atoms. The number of nitrogens with zero attached hydrogens (tertiary/aromatic N) is 2. The molecule has 0 saturated carbocycles. The van der Waals surface area contributed by atoms with E-state index in [1.807, 2.05) is 17.0 Å². The molecular formula is C17H26N4O. The van der Waals surface area contributed by atoms with E-state index in [1.165, 1.54) is 0 Å². The summed E-state index contributed by atoms with van der Waals surface area (Å²) in [5, 5.41) is 3.46. The van der Waals surface area contributed by atoms with E-state index in [1.54, 1.807) is 0 Å². The van der Waals surface area contributed by atoms with E-state index in [0.717, 1.165) is 63.4 Å². The minimum absolute atomic E-state index is 0.240. The molecule has 0 aliphatic carbocycles. The molecule has 3 N–H and O–H groups in total. The molecule has 3 rings (SSSR count). The standard InChI is InChI=1S/C17H26N4O/c18-14-7-11-20(12-8-14)13-9-19-15-3-5-16(6-4-15)21-10-1-2-17(21)22/h3-6,14,19H,1-2,7-13,18H2. The largest absolute Gasteiger partial charge is 0.384 e. The number of nitrogens with two attached hydrogens (primary N) is 1. The Morgan fingerprint density at radius 2 is 1.86 bits per heavy atom. The topological polar surface area (TPSA) is 61.6 Å². The number of amides is 1. The fraction of sp³-hybridized carbons (Fsp3) is 0.588. The number of piperidine rings is 1. The second-order valence-electron chi connectivity index (χ2n) is 6.30. The van der Waals surface area contributed by atoms with Crippen molar-refractivity contribution >= 4 is 17.3 Å². The summed E-state index contributed by atoms with van der Waals surface area (Å²) < 4.78 is 0. The van der Waals surface area contributed by atoms with Gasteiger partial charge >= 0.3 is 0 Å². The molecule has 2 aliphatic heterocycles. The van der Waals surface area contributed by atoms with E-state index in [2.05, 4.69) is 22.3 Å². The Labute approximate surface area is 132 Å². The summed E-state index contributed by atoms with van der Waals surface area (Å²) in [7, 11) is 0. The Hall–Kier alpha value is -1.59. The molecule has 2 fully saturated rings. The Morgan fingerprint density at radius 1 is 1.14 bits per heavy atom. The van der Waals surface area contributed by atoms with Gasteiger partial charge in [0.2, 0.25) is 5.91 Å². The monoisotopic (exact) mass is 302 g/mol. The van der Waals surface area contributed by atoms with Crippen LogP contribution in [0.25, 0.3) is 0 Å². The molecule has 5 heteroatoms. The predicted octanol–water partition coefficient (Wildman–Crippen LogP) is 1.65. The summed E-state index contributed by atoms with van der Waals surface area (Å²) in [6.45, 7) is 5.07. The van der Waals surface area contributed by atoms with Crippen LogP contribution in [0.1, 0.15) is 25.7 Å². The Bertz CT molecular complexity index is 494. The Kier molecular flexibility index (Phi) is 4.95. The van der Waals surface area contributed by atoms with Gasteiger partial charge in [0.25, 0.3) is 0 Å². The summed E-state index contributed by atoms with van der Waals surface area (Å²) in [6, 6.07) is 8.59. The molecule has 22 heavy (non-hydrogen) atoms. The van der Waals surface area contributed by atoms with E-state index >= 15 is 0 Å². The summed E-state index contributed by atoms with van der Waals surface area (Å²) in [5.41, 5.74) is 8.05. The minimum atomic E-state index is 0.240. The first-order chi connectivity index (χ1) is 10.7. The van der Waals surface area contributed by atoms with E-state index < -0.39 is 0 Å². The van der Waals surface area contributed by atoms with E-state index in [4.69, 9.17) is 5.73 Å². The van der Waals surface area contributed by atoms with Crippen LogP contribution >= 0.6 is 0 Å². The van der Waals surface area contributed by atoms with Gasteiger partial charge in [-0.1, -0.05) is 0 Å². The number of likely N-dealkylation sites (tertiary alicyclic amines) is 1. The molecule has 1 amide bonds. The maximum Gasteiger partial charge on any atom is 0.227 e. The third-order valence-electron chi connectivity index (χ3n) is 4.64. The lowest BCUT2D eigenvalue weighted by atomic mass is 10.1. The van der Waals surface area contributed by atoms with Crippen LogP contribution in [-0.2, 0) is 4.79 Å². The van der Waals surface area contributed by atoms with E-state index in [9.17, 15) is 4.79 Å². The number of anilines is 2. The zero-order valence-electron chi connectivity index (χ0n) is 13.1.